The molecule has 0 heterocycles. The first kappa shape index (κ1) is 16.6. The minimum absolute atomic E-state index is 0.0407. The number of methoxy groups -OCH3 is 1. The molecule has 0 amide bonds. The van der Waals surface area contributed by atoms with Gasteiger partial charge >= 0.3 is 0 Å². The molecule has 1 aromatic rings. The van der Waals surface area contributed by atoms with E-state index < -0.39 is 0 Å². The summed E-state index contributed by atoms with van der Waals surface area (Å²) in [6.45, 7) is 6.27. The first-order valence-corrected chi connectivity index (χ1v) is 7.18. The quantitative estimate of drug-likeness (QED) is 0.790. The van der Waals surface area contributed by atoms with E-state index in [0.717, 1.165) is 18.5 Å². The molecule has 1 unspecified atom stereocenters. The molecule has 0 spiro atoms. The summed E-state index contributed by atoms with van der Waals surface area (Å²) in [5.74, 6) is 0.704. The van der Waals surface area contributed by atoms with Crippen LogP contribution in [-0.2, 0) is 11.3 Å². The van der Waals surface area contributed by atoms with Crippen molar-refractivity contribution in [1.29, 1.82) is 0 Å². The van der Waals surface area contributed by atoms with Crippen molar-refractivity contribution in [2.24, 2.45) is 0 Å². The Bertz CT molecular complexity index is 399. The minimum atomic E-state index is 0.0407. The fourth-order valence-electron chi connectivity index (χ4n) is 1.68. The molecule has 5 heteroatoms. The molecule has 1 atom stereocenters. The molecule has 1 N–H and O–H groups in total. The number of hydrogen-bond donors (Lipinski definition) is 1. The van der Waals surface area contributed by atoms with Crippen LogP contribution in [0.15, 0.2) is 12.1 Å². The van der Waals surface area contributed by atoms with Crippen LogP contribution in [0.1, 0.15) is 25.8 Å². The Hall–Kier alpha value is -0.480. The van der Waals surface area contributed by atoms with Crippen LogP contribution in [0.3, 0.4) is 0 Å². The second kappa shape index (κ2) is 8.64. The van der Waals surface area contributed by atoms with Crippen LogP contribution in [0.25, 0.3) is 0 Å². The van der Waals surface area contributed by atoms with E-state index in [1.54, 1.807) is 13.2 Å². The van der Waals surface area contributed by atoms with E-state index in [-0.39, 0.29) is 6.10 Å². The third-order valence-electron chi connectivity index (χ3n) is 2.70. The number of ether oxygens (including phenoxy) is 2. The summed E-state index contributed by atoms with van der Waals surface area (Å²) in [5.41, 5.74) is 0.976. The highest BCUT2D eigenvalue weighted by atomic mass is 35.5. The van der Waals surface area contributed by atoms with Gasteiger partial charge in [0.05, 0.1) is 11.1 Å². The molecule has 0 aliphatic heterocycles. The van der Waals surface area contributed by atoms with E-state index in [9.17, 15) is 0 Å². The maximum atomic E-state index is 6.22. The maximum Gasteiger partial charge on any atom is 0.142 e. The van der Waals surface area contributed by atoms with Crippen molar-refractivity contribution in [2.75, 3.05) is 20.3 Å². The summed E-state index contributed by atoms with van der Waals surface area (Å²) in [4.78, 5) is 0. The van der Waals surface area contributed by atoms with Crippen LogP contribution >= 0.6 is 23.2 Å². The molecule has 1 rings (SSSR count). The predicted molar refractivity (Wildman–Crippen MR) is 80.4 cm³/mol. The van der Waals surface area contributed by atoms with Crippen LogP contribution in [0.5, 0.6) is 5.75 Å². The maximum absolute atomic E-state index is 6.22. The molecule has 0 aliphatic rings. The molecule has 0 bridgehead atoms. The van der Waals surface area contributed by atoms with Crippen molar-refractivity contribution in [3.05, 3.63) is 27.7 Å². The lowest BCUT2D eigenvalue weighted by atomic mass is 10.2. The van der Waals surface area contributed by atoms with Gasteiger partial charge in [0.2, 0.25) is 0 Å². The molecule has 1 aromatic carbocycles. The molecule has 0 aromatic heterocycles. The van der Waals surface area contributed by atoms with Gasteiger partial charge in [-0.25, -0.2) is 0 Å². The fourth-order valence-corrected chi connectivity index (χ4v) is 2.26. The highest BCUT2D eigenvalue weighted by Crippen LogP contribution is 2.33. The lowest BCUT2D eigenvalue weighted by Gasteiger charge is -2.19. The van der Waals surface area contributed by atoms with Gasteiger partial charge in [0.1, 0.15) is 5.75 Å². The zero-order valence-corrected chi connectivity index (χ0v) is 13.1. The van der Waals surface area contributed by atoms with E-state index in [2.05, 4.69) is 5.32 Å². The Morgan fingerprint density at radius 3 is 2.68 bits per heavy atom. The van der Waals surface area contributed by atoms with Gasteiger partial charge in [0.15, 0.2) is 0 Å². The smallest absolute Gasteiger partial charge is 0.142 e. The topological polar surface area (TPSA) is 30.5 Å². The summed E-state index contributed by atoms with van der Waals surface area (Å²) in [7, 11) is 1.68. The van der Waals surface area contributed by atoms with Gasteiger partial charge in [-0.15, -0.1) is 0 Å². The molecule has 0 saturated heterocycles. The van der Waals surface area contributed by atoms with Crippen molar-refractivity contribution in [1.82, 2.24) is 5.32 Å². The molecule has 0 aliphatic carbocycles. The van der Waals surface area contributed by atoms with Crippen molar-refractivity contribution >= 4 is 23.2 Å². The second-order valence-corrected chi connectivity index (χ2v) is 5.21. The van der Waals surface area contributed by atoms with Crippen LogP contribution in [0.2, 0.25) is 10.0 Å². The lowest BCUT2D eigenvalue weighted by molar-refractivity contribution is 0.134. The molecule has 19 heavy (non-hydrogen) atoms. The highest BCUT2D eigenvalue weighted by molar-refractivity contribution is 6.35. The van der Waals surface area contributed by atoms with Gasteiger partial charge in [-0.05, 0) is 25.6 Å². The average Bonchev–Trinajstić information content (AvgIpc) is 2.37. The minimum Gasteiger partial charge on any atom is -0.489 e. The third kappa shape index (κ3) is 5.57. The summed E-state index contributed by atoms with van der Waals surface area (Å²) in [6.07, 6.45) is 0.856. The van der Waals surface area contributed by atoms with Gasteiger partial charge in [0, 0.05) is 37.3 Å². The summed E-state index contributed by atoms with van der Waals surface area (Å²) < 4.78 is 11.0. The van der Waals surface area contributed by atoms with E-state index in [1.807, 2.05) is 19.9 Å². The third-order valence-corrected chi connectivity index (χ3v) is 3.20. The molecule has 108 valence electrons. The van der Waals surface area contributed by atoms with E-state index in [4.69, 9.17) is 32.7 Å². The van der Waals surface area contributed by atoms with Crippen LogP contribution in [0, 0.1) is 0 Å². The Kier molecular flexibility index (Phi) is 7.54. The molecule has 0 saturated carbocycles. The Balaban J connectivity index is 2.84. The zero-order valence-electron chi connectivity index (χ0n) is 11.6. The summed E-state index contributed by atoms with van der Waals surface area (Å²) in [5, 5.41) is 4.42. The van der Waals surface area contributed by atoms with Crippen LogP contribution in [-0.4, -0.2) is 26.4 Å². The largest absolute Gasteiger partial charge is 0.489 e. The first-order valence-electron chi connectivity index (χ1n) is 6.42. The highest BCUT2D eigenvalue weighted by Gasteiger charge is 2.13. The lowest BCUT2D eigenvalue weighted by Crippen LogP contribution is -2.18. The Morgan fingerprint density at radius 2 is 2.05 bits per heavy atom. The van der Waals surface area contributed by atoms with Gasteiger partial charge in [-0.1, -0.05) is 30.1 Å². The Labute approximate surface area is 125 Å². The first-order chi connectivity index (χ1) is 9.08. The van der Waals surface area contributed by atoms with Gasteiger partial charge < -0.3 is 14.8 Å². The normalized spacial score (nSPS) is 12.5. The fraction of sp³-hybridized carbons (Fsp3) is 0.571. The van der Waals surface area contributed by atoms with Crippen molar-refractivity contribution in [3.63, 3.8) is 0 Å². The average molecular weight is 306 g/mol. The standard InChI is InChI=1S/C14H21Cl2NO2/c1-4-17-9-11-7-12(15)8-13(16)14(11)19-10(2)5-6-18-3/h7-8,10,17H,4-6,9H2,1-3H3. The number of nitrogens with one attached hydrogen (secondary N) is 1. The van der Waals surface area contributed by atoms with E-state index in [1.165, 1.54) is 0 Å². The molecule has 0 fully saturated rings. The number of benzene rings is 1. The van der Waals surface area contributed by atoms with Crippen molar-refractivity contribution in [3.8, 4) is 5.75 Å². The van der Waals surface area contributed by atoms with E-state index in [0.29, 0.717) is 28.9 Å². The van der Waals surface area contributed by atoms with Crippen molar-refractivity contribution in [2.45, 2.75) is 32.9 Å². The van der Waals surface area contributed by atoms with Crippen LogP contribution < -0.4 is 10.1 Å². The zero-order chi connectivity index (χ0) is 14.3. The summed E-state index contributed by atoms with van der Waals surface area (Å²) >= 11 is 12.3. The number of hydrogen-bond acceptors (Lipinski definition) is 3. The molecule has 0 radical (unpaired) electrons. The van der Waals surface area contributed by atoms with Gasteiger partial charge in [-0.3, -0.25) is 0 Å². The summed E-state index contributed by atoms with van der Waals surface area (Å²) in [6, 6.07) is 3.59. The Morgan fingerprint density at radius 1 is 1.32 bits per heavy atom. The molecular formula is C14H21Cl2NO2. The number of rotatable bonds is 8. The van der Waals surface area contributed by atoms with E-state index >= 15 is 0 Å². The SMILES string of the molecule is CCNCc1cc(Cl)cc(Cl)c1OC(C)CCOC. The second-order valence-electron chi connectivity index (χ2n) is 4.37. The molecular weight excluding hydrogens is 285 g/mol. The van der Waals surface area contributed by atoms with Crippen molar-refractivity contribution < 1.29 is 9.47 Å². The van der Waals surface area contributed by atoms with Gasteiger partial charge in [0.25, 0.3) is 0 Å². The molecule has 3 nitrogen and oxygen atoms in total. The monoisotopic (exact) mass is 305 g/mol. The predicted octanol–water partition coefficient (Wildman–Crippen LogP) is 3.91. The van der Waals surface area contributed by atoms with Crippen LogP contribution in [0.4, 0.5) is 0 Å². The van der Waals surface area contributed by atoms with Gasteiger partial charge in [-0.2, -0.15) is 0 Å². The number of halogens is 2.